The van der Waals surface area contributed by atoms with Gasteiger partial charge in [0.2, 0.25) is 11.5 Å². The minimum atomic E-state index is -4.55. The highest BCUT2D eigenvalue weighted by atomic mass is 19.4. The molecular weight excluding hydrogens is 187 g/mol. The second-order valence-corrected chi connectivity index (χ2v) is 2.22. The average Bonchev–Trinajstić information content (AvgIpc) is 2.47. The van der Waals surface area contributed by atoms with Crippen LogP contribution in [0.4, 0.5) is 13.2 Å². The molecule has 0 spiro atoms. The number of halogens is 3. The minimum absolute atomic E-state index is 0.0951. The SMILES string of the molecule is FC(F)(F)c1ncc2n[nH]nc2n1. The van der Waals surface area contributed by atoms with Crippen LogP contribution in [0, 0.1) is 0 Å². The summed E-state index contributed by atoms with van der Waals surface area (Å²) in [4.78, 5) is 6.26. The van der Waals surface area contributed by atoms with Gasteiger partial charge in [0, 0.05) is 0 Å². The van der Waals surface area contributed by atoms with Crippen LogP contribution in [0.3, 0.4) is 0 Å². The van der Waals surface area contributed by atoms with Crippen molar-refractivity contribution in [1.82, 2.24) is 25.4 Å². The highest BCUT2D eigenvalue weighted by Gasteiger charge is 2.34. The largest absolute Gasteiger partial charge is 0.451 e. The van der Waals surface area contributed by atoms with Gasteiger partial charge in [-0.25, -0.2) is 9.97 Å². The predicted molar refractivity (Wildman–Crippen MR) is 34.5 cm³/mol. The molecule has 0 atom stereocenters. The number of alkyl halides is 3. The molecule has 0 bridgehead atoms. The lowest BCUT2D eigenvalue weighted by Crippen LogP contribution is -2.10. The van der Waals surface area contributed by atoms with E-state index in [0.29, 0.717) is 0 Å². The highest BCUT2D eigenvalue weighted by molar-refractivity contribution is 5.66. The Balaban J connectivity index is 2.61. The molecule has 0 saturated carbocycles. The first-order valence-electron chi connectivity index (χ1n) is 3.18. The van der Waals surface area contributed by atoms with Gasteiger partial charge < -0.3 is 0 Å². The molecule has 0 aromatic carbocycles. The van der Waals surface area contributed by atoms with Crippen molar-refractivity contribution in [3.05, 3.63) is 12.0 Å². The van der Waals surface area contributed by atoms with Crippen molar-refractivity contribution in [2.24, 2.45) is 0 Å². The Morgan fingerprint density at radius 3 is 2.69 bits per heavy atom. The summed E-state index contributed by atoms with van der Waals surface area (Å²) < 4.78 is 36.1. The fourth-order valence-electron chi connectivity index (χ4n) is 0.790. The first kappa shape index (κ1) is 7.90. The van der Waals surface area contributed by atoms with E-state index in [1.54, 1.807) is 0 Å². The van der Waals surface area contributed by atoms with Gasteiger partial charge in [0.05, 0.1) is 6.20 Å². The van der Waals surface area contributed by atoms with Crippen LogP contribution in [0.25, 0.3) is 11.2 Å². The van der Waals surface area contributed by atoms with E-state index in [-0.39, 0.29) is 11.2 Å². The summed E-state index contributed by atoms with van der Waals surface area (Å²) in [5, 5.41) is 9.07. The van der Waals surface area contributed by atoms with Crippen LogP contribution < -0.4 is 0 Å². The number of aromatic nitrogens is 5. The van der Waals surface area contributed by atoms with Gasteiger partial charge in [-0.15, -0.1) is 5.10 Å². The second kappa shape index (κ2) is 2.38. The fourth-order valence-corrected chi connectivity index (χ4v) is 0.790. The number of nitrogens with zero attached hydrogens (tertiary/aromatic N) is 4. The zero-order valence-electron chi connectivity index (χ0n) is 6.00. The predicted octanol–water partition coefficient (Wildman–Crippen LogP) is 0.767. The van der Waals surface area contributed by atoms with E-state index in [9.17, 15) is 13.2 Å². The lowest BCUT2D eigenvalue weighted by molar-refractivity contribution is -0.144. The molecule has 0 aliphatic carbocycles. The van der Waals surface area contributed by atoms with E-state index in [1.807, 2.05) is 0 Å². The number of hydrogen-bond donors (Lipinski definition) is 1. The zero-order chi connectivity index (χ0) is 9.47. The molecule has 0 aliphatic rings. The minimum Gasteiger partial charge on any atom is -0.230 e. The van der Waals surface area contributed by atoms with E-state index in [0.717, 1.165) is 6.20 Å². The van der Waals surface area contributed by atoms with E-state index >= 15 is 0 Å². The first-order chi connectivity index (χ1) is 6.07. The van der Waals surface area contributed by atoms with Crippen molar-refractivity contribution in [1.29, 1.82) is 0 Å². The van der Waals surface area contributed by atoms with Crippen molar-refractivity contribution in [2.45, 2.75) is 6.18 Å². The van der Waals surface area contributed by atoms with Crippen molar-refractivity contribution < 1.29 is 13.2 Å². The molecule has 1 N–H and O–H groups in total. The maximum atomic E-state index is 12.0. The maximum absolute atomic E-state index is 12.0. The Hall–Kier alpha value is -1.73. The Morgan fingerprint density at radius 2 is 2.00 bits per heavy atom. The lowest BCUT2D eigenvalue weighted by atomic mass is 10.5. The van der Waals surface area contributed by atoms with Gasteiger partial charge in [-0.05, 0) is 0 Å². The van der Waals surface area contributed by atoms with E-state index in [1.165, 1.54) is 0 Å². The third-order valence-corrected chi connectivity index (χ3v) is 1.33. The van der Waals surface area contributed by atoms with Crippen molar-refractivity contribution in [3.8, 4) is 0 Å². The molecule has 5 nitrogen and oxygen atoms in total. The van der Waals surface area contributed by atoms with Gasteiger partial charge in [0.1, 0.15) is 5.52 Å². The van der Waals surface area contributed by atoms with Gasteiger partial charge >= 0.3 is 6.18 Å². The van der Waals surface area contributed by atoms with Gasteiger partial charge in [-0.3, -0.25) is 0 Å². The molecule has 2 rings (SSSR count). The van der Waals surface area contributed by atoms with Gasteiger partial charge in [0.25, 0.3) is 0 Å². The van der Waals surface area contributed by atoms with E-state index in [4.69, 9.17) is 0 Å². The smallest absolute Gasteiger partial charge is 0.230 e. The molecule has 0 amide bonds. The molecular formula is C5H2F3N5. The van der Waals surface area contributed by atoms with Gasteiger partial charge in [-0.1, -0.05) is 0 Å². The summed E-state index contributed by atoms with van der Waals surface area (Å²) in [6.45, 7) is 0. The van der Waals surface area contributed by atoms with Crippen LogP contribution in [-0.4, -0.2) is 25.4 Å². The summed E-state index contributed by atoms with van der Waals surface area (Å²) in [5.41, 5.74) is 0.107. The molecule has 2 aromatic heterocycles. The Kier molecular flexibility index (Phi) is 1.44. The van der Waals surface area contributed by atoms with Crippen molar-refractivity contribution in [2.75, 3.05) is 0 Å². The highest BCUT2D eigenvalue weighted by Crippen LogP contribution is 2.26. The van der Waals surface area contributed by atoms with Crippen LogP contribution >= 0.6 is 0 Å². The summed E-state index contributed by atoms with van der Waals surface area (Å²) >= 11 is 0. The molecule has 2 heterocycles. The number of aromatic amines is 1. The third kappa shape index (κ3) is 1.30. The second-order valence-electron chi connectivity index (χ2n) is 2.22. The first-order valence-corrected chi connectivity index (χ1v) is 3.18. The lowest BCUT2D eigenvalue weighted by Gasteiger charge is -2.01. The standard InChI is InChI=1S/C5H2F3N5/c6-5(7,8)4-9-1-2-3(10-4)12-13-11-2/h1H,(H,9,10,11,12,13). The fraction of sp³-hybridized carbons (Fsp3) is 0.200. The molecule has 8 heteroatoms. The van der Waals surface area contributed by atoms with Gasteiger partial charge in [0.15, 0.2) is 0 Å². The summed E-state index contributed by atoms with van der Waals surface area (Å²) in [6, 6.07) is 0. The van der Waals surface area contributed by atoms with Crippen molar-refractivity contribution >= 4 is 11.2 Å². The Labute approximate surface area is 69.0 Å². The third-order valence-electron chi connectivity index (χ3n) is 1.33. The monoisotopic (exact) mass is 189 g/mol. The summed E-state index contributed by atoms with van der Waals surface area (Å²) in [5.74, 6) is -1.21. The van der Waals surface area contributed by atoms with Crippen LogP contribution in [-0.2, 0) is 6.18 Å². The molecule has 2 aromatic rings. The maximum Gasteiger partial charge on any atom is 0.451 e. The number of nitrogens with one attached hydrogen (secondary N) is 1. The quantitative estimate of drug-likeness (QED) is 0.664. The molecule has 13 heavy (non-hydrogen) atoms. The van der Waals surface area contributed by atoms with E-state index < -0.39 is 12.0 Å². The van der Waals surface area contributed by atoms with Crippen LogP contribution in [0.1, 0.15) is 5.82 Å². The molecule has 0 saturated heterocycles. The topological polar surface area (TPSA) is 67.3 Å². The number of fused-ring (bicyclic) bond motifs is 1. The van der Waals surface area contributed by atoms with Crippen LogP contribution in [0.5, 0.6) is 0 Å². The molecule has 68 valence electrons. The zero-order valence-corrected chi connectivity index (χ0v) is 6.00. The molecule has 0 unspecified atom stereocenters. The average molecular weight is 189 g/mol. The Morgan fingerprint density at radius 1 is 1.23 bits per heavy atom. The summed E-state index contributed by atoms with van der Waals surface area (Å²) in [6.07, 6.45) is -3.58. The Bertz CT molecular complexity index is 433. The van der Waals surface area contributed by atoms with E-state index in [2.05, 4.69) is 25.4 Å². The van der Waals surface area contributed by atoms with Crippen LogP contribution in [0.2, 0.25) is 0 Å². The normalized spacial score (nSPS) is 12.2. The number of H-pyrrole nitrogens is 1. The van der Waals surface area contributed by atoms with Crippen molar-refractivity contribution in [3.63, 3.8) is 0 Å². The van der Waals surface area contributed by atoms with Gasteiger partial charge in [-0.2, -0.15) is 23.5 Å². The molecule has 0 fully saturated rings. The number of hydrogen-bond acceptors (Lipinski definition) is 4. The molecule has 0 radical (unpaired) electrons. The summed E-state index contributed by atoms with van der Waals surface area (Å²) in [7, 11) is 0. The number of rotatable bonds is 0. The molecule has 0 aliphatic heterocycles. The van der Waals surface area contributed by atoms with Crippen LogP contribution in [0.15, 0.2) is 6.20 Å².